The highest BCUT2D eigenvalue weighted by Crippen LogP contribution is 2.37. The molecule has 108 valence electrons. The number of hydrogen-bond donors (Lipinski definition) is 1. The van der Waals surface area contributed by atoms with Crippen molar-refractivity contribution < 1.29 is 9.90 Å². The molecule has 1 amide bonds. The second kappa shape index (κ2) is 5.96. The van der Waals surface area contributed by atoms with Crippen molar-refractivity contribution in [3.05, 3.63) is 35.9 Å². The lowest BCUT2D eigenvalue weighted by atomic mass is 9.78. The average Bonchev–Trinajstić information content (AvgIpc) is 2.78. The van der Waals surface area contributed by atoms with Crippen molar-refractivity contribution >= 4 is 5.91 Å². The Labute approximate surface area is 120 Å². The normalized spacial score (nSPS) is 24.8. The van der Waals surface area contributed by atoms with Crippen LogP contribution in [0.3, 0.4) is 0 Å². The molecule has 3 nitrogen and oxygen atoms in total. The zero-order chi connectivity index (χ0) is 13.9. The molecule has 2 atom stereocenters. The van der Waals surface area contributed by atoms with Crippen LogP contribution >= 0.6 is 0 Å². The first-order chi connectivity index (χ1) is 9.79. The molecule has 1 aromatic rings. The highest BCUT2D eigenvalue weighted by molar-refractivity contribution is 5.81. The number of likely N-dealkylation sites (tertiary alicyclic amines) is 1. The number of aliphatic hydroxyl groups is 1. The molecule has 1 aromatic carbocycles. The molecule has 3 rings (SSSR count). The summed E-state index contributed by atoms with van der Waals surface area (Å²) in [6.07, 6.45) is 5.94. The fourth-order valence-corrected chi connectivity index (χ4v) is 3.48. The van der Waals surface area contributed by atoms with Gasteiger partial charge in [0.2, 0.25) is 5.91 Å². The van der Waals surface area contributed by atoms with Gasteiger partial charge in [0.05, 0.1) is 12.6 Å². The Bertz CT molecular complexity index is 455. The van der Waals surface area contributed by atoms with Crippen molar-refractivity contribution in [2.24, 2.45) is 11.8 Å². The summed E-state index contributed by atoms with van der Waals surface area (Å²) in [4.78, 5) is 14.5. The van der Waals surface area contributed by atoms with Crippen LogP contribution in [-0.2, 0) is 4.79 Å². The van der Waals surface area contributed by atoms with Crippen LogP contribution in [-0.4, -0.2) is 29.1 Å². The van der Waals surface area contributed by atoms with E-state index in [2.05, 4.69) is 0 Å². The number of amides is 1. The SMILES string of the molecule is O=C1[C@H](CC2CCC2)CCN1[C@H](CO)c1ccccc1. The van der Waals surface area contributed by atoms with Gasteiger partial charge in [-0.05, 0) is 24.3 Å². The van der Waals surface area contributed by atoms with Gasteiger partial charge >= 0.3 is 0 Å². The highest BCUT2D eigenvalue weighted by Gasteiger charge is 2.37. The molecule has 1 saturated heterocycles. The molecule has 0 unspecified atom stereocenters. The first-order valence-corrected chi connectivity index (χ1v) is 7.76. The van der Waals surface area contributed by atoms with E-state index in [0.29, 0.717) is 0 Å². The summed E-state index contributed by atoms with van der Waals surface area (Å²) in [5.41, 5.74) is 1.03. The van der Waals surface area contributed by atoms with Crippen molar-refractivity contribution in [1.29, 1.82) is 0 Å². The number of rotatable bonds is 5. The molecule has 3 heteroatoms. The summed E-state index contributed by atoms with van der Waals surface area (Å²) in [5.74, 6) is 1.21. The number of hydrogen-bond acceptors (Lipinski definition) is 2. The third-order valence-corrected chi connectivity index (χ3v) is 4.93. The molecule has 2 aliphatic rings. The zero-order valence-corrected chi connectivity index (χ0v) is 11.9. The number of carbonyl (C=O) groups is 1. The number of nitrogens with zero attached hydrogens (tertiary/aromatic N) is 1. The first-order valence-electron chi connectivity index (χ1n) is 7.76. The van der Waals surface area contributed by atoms with Gasteiger partial charge in [-0.25, -0.2) is 0 Å². The van der Waals surface area contributed by atoms with E-state index in [4.69, 9.17) is 0 Å². The Morgan fingerprint density at radius 2 is 1.95 bits per heavy atom. The minimum absolute atomic E-state index is 0.00586. The van der Waals surface area contributed by atoms with Gasteiger partial charge in [-0.15, -0.1) is 0 Å². The Morgan fingerprint density at radius 3 is 2.55 bits per heavy atom. The van der Waals surface area contributed by atoms with Gasteiger partial charge < -0.3 is 10.0 Å². The van der Waals surface area contributed by atoms with E-state index in [9.17, 15) is 9.90 Å². The smallest absolute Gasteiger partial charge is 0.226 e. The lowest BCUT2D eigenvalue weighted by Gasteiger charge is -2.29. The second-order valence-corrected chi connectivity index (χ2v) is 6.16. The minimum atomic E-state index is -0.171. The quantitative estimate of drug-likeness (QED) is 0.896. The minimum Gasteiger partial charge on any atom is -0.394 e. The first kappa shape index (κ1) is 13.6. The number of aliphatic hydroxyl groups excluding tert-OH is 1. The summed E-state index contributed by atoms with van der Waals surface area (Å²) in [6, 6.07) is 9.70. The van der Waals surface area contributed by atoms with Crippen LogP contribution in [0.2, 0.25) is 0 Å². The van der Waals surface area contributed by atoms with Crippen molar-refractivity contribution in [3.63, 3.8) is 0 Å². The van der Waals surface area contributed by atoms with Gasteiger partial charge in [-0.3, -0.25) is 4.79 Å². The maximum atomic E-state index is 12.6. The molecule has 1 N–H and O–H groups in total. The summed E-state index contributed by atoms with van der Waals surface area (Å²) in [7, 11) is 0. The maximum Gasteiger partial charge on any atom is 0.226 e. The van der Waals surface area contributed by atoms with E-state index in [0.717, 1.165) is 30.9 Å². The largest absolute Gasteiger partial charge is 0.394 e. The van der Waals surface area contributed by atoms with E-state index < -0.39 is 0 Å². The van der Waals surface area contributed by atoms with Crippen LogP contribution in [0.15, 0.2) is 30.3 Å². The molecular weight excluding hydrogens is 250 g/mol. The van der Waals surface area contributed by atoms with E-state index in [1.54, 1.807) is 0 Å². The van der Waals surface area contributed by atoms with Crippen LogP contribution in [0.4, 0.5) is 0 Å². The molecular formula is C17H23NO2. The van der Waals surface area contributed by atoms with Crippen molar-refractivity contribution in [1.82, 2.24) is 4.90 Å². The van der Waals surface area contributed by atoms with Crippen LogP contribution in [0.5, 0.6) is 0 Å². The van der Waals surface area contributed by atoms with Crippen LogP contribution in [0.25, 0.3) is 0 Å². The zero-order valence-electron chi connectivity index (χ0n) is 11.9. The molecule has 1 saturated carbocycles. The highest BCUT2D eigenvalue weighted by atomic mass is 16.3. The lowest BCUT2D eigenvalue weighted by Crippen LogP contribution is -2.34. The Hall–Kier alpha value is -1.35. The fraction of sp³-hybridized carbons (Fsp3) is 0.588. The molecule has 0 spiro atoms. The van der Waals surface area contributed by atoms with E-state index in [1.165, 1.54) is 19.3 Å². The summed E-state index contributed by atoms with van der Waals surface area (Å²) in [5, 5.41) is 9.69. The fourth-order valence-electron chi connectivity index (χ4n) is 3.48. The molecule has 0 bridgehead atoms. The van der Waals surface area contributed by atoms with Crippen LogP contribution < -0.4 is 0 Å². The summed E-state index contributed by atoms with van der Waals surface area (Å²) >= 11 is 0. The molecule has 2 fully saturated rings. The van der Waals surface area contributed by atoms with Crippen molar-refractivity contribution in [2.75, 3.05) is 13.2 Å². The predicted octanol–water partition coefficient (Wildman–Crippen LogP) is 2.76. The third kappa shape index (κ3) is 2.59. The van der Waals surface area contributed by atoms with E-state index in [-0.39, 0.29) is 24.5 Å². The van der Waals surface area contributed by atoms with Gasteiger partial charge in [0.1, 0.15) is 0 Å². The Morgan fingerprint density at radius 1 is 1.20 bits per heavy atom. The molecule has 1 aliphatic heterocycles. The third-order valence-electron chi connectivity index (χ3n) is 4.93. The van der Waals surface area contributed by atoms with Crippen molar-refractivity contribution in [3.8, 4) is 0 Å². The Balaban J connectivity index is 1.68. The maximum absolute atomic E-state index is 12.6. The molecule has 1 heterocycles. The molecule has 20 heavy (non-hydrogen) atoms. The van der Waals surface area contributed by atoms with Crippen LogP contribution in [0.1, 0.15) is 43.7 Å². The standard InChI is InChI=1S/C17H23NO2/c19-12-16(14-7-2-1-3-8-14)18-10-9-15(17(18)20)11-13-5-4-6-13/h1-3,7-8,13,15-16,19H,4-6,9-12H2/t15-,16+/m0/s1. The average molecular weight is 273 g/mol. The second-order valence-electron chi connectivity index (χ2n) is 6.16. The van der Waals surface area contributed by atoms with Crippen molar-refractivity contribution in [2.45, 2.75) is 38.1 Å². The van der Waals surface area contributed by atoms with Crippen LogP contribution in [0, 0.1) is 11.8 Å². The molecule has 0 aromatic heterocycles. The number of carbonyl (C=O) groups excluding carboxylic acids is 1. The topological polar surface area (TPSA) is 40.5 Å². The van der Waals surface area contributed by atoms with Gasteiger partial charge in [0, 0.05) is 12.5 Å². The van der Waals surface area contributed by atoms with Gasteiger partial charge in [0.15, 0.2) is 0 Å². The lowest BCUT2D eigenvalue weighted by molar-refractivity contribution is -0.134. The monoisotopic (exact) mass is 273 g/mol. The summed E-state index contributed by atoms with van der Waals surface area (Å²) < 4.78 is 0. The summed E-state index contributed by atoms with van der Waals surface area (Å²) in [6.45, 7) is 0.794. The van der Waals surface area contributed by atoms with Gasteiger partial charge in [-0.1, -0.05) is 49.6 Å². The Kier molecular flexibility index (Phi) is 4.06. The van der Waals surface area contributed by atoms with Gasteiger partial charge in [0.25, 0.3) is 0 Å². The number of benzene rings is 1. The van der Waals surface area contributed by atoms with E-state index >= 15 is 0 Å². The van der Waals surface area contributed by atoms with E-state index in [1.807, 2.05) is 35.2 Å². The molecule has 1 aliphatic carbocycles. The predicted molar refractivity (Wildman–Crippen MR) is 78.0 cm³/mol. The van der Waals surface area contributed by atoms with Gasteiger partial charge in [-0.2, -0.15) is 0 Å². The molecule has 0 radical (unpaired) electrons.